The van der Waals surface area contributed by atoms with Crippen LogP contribution in [0.2, 0.25) is 0 Å². The van der Waals surface area contributed by atoms with E-state index in [1.54, 1.807) is 11.8 Å². The van der Waals surface area contributed by atoms with Gasteiger partial charge < -0.3 is 10.6 Å². The number of carbonyl (C=O) groups excluding carboxylic acids is 1. The van der Waals surface area contributed by atoms with Crippen molar-refractivity contribution < 1.29 is 4.79 Å². The second-order valence-electron chi connectivity index (χ2n) is 3.36. The molecule has 0 heterocycles. The number of amides is 1. The normalized spacial score (nSPS) is 30.5. The predicted molar refractivity (Wildman–Crippen MR) is 44.1 cm³/mol. The number of carbonyl (C=O) groups is 1. The van der Waals surface area contributed by atoms with Gasteiger partial charge in [-0.3, -0.25) is 4.79 Å². The molecule has 1 fully saturated rings. The van der Waals surface area contributed by atoms with Gasteiger partial charge in [0.2, 0.25) is 5.91 Å². The molecule has 11 heavy (non-hydrogen) atoms. The van der Waals surface area contributed by atoms with Gasteiger partial charge >= 0.3 is 0 Å². The fraction of sp³-hybridized carbons (Fsp3) is 0.875. The SMILES string of the molecule is CC(=O)N(C)C1CCC(N)C1. The highest BCUT2D eigenvalue weighted by Crippen LogP contribution is 2.21. The van der Waals surface area contributed by atoms with Crippen molar-refractivity contribution in [3.63, 3.8) is 0 Å². The van der Waals surface area contributed by atoms with E-state index in [0.29, 0.717) is 12.1 Å². The van der Waals surface area contributed by atoms with Crippen LogP contribution in [0.4, 0.5) is 0 Å². The first kappa shape index (κ1) is 8.53. The Kier molecular flexibility index (Phi) is 2.49. The summed E-state index contributed by atoms with van der Waals surface area (Å²) in [6.45, 7) is 1.60. The van der Waals surface area contributed by atoms with Crippen molar-refractivity contribution >= 4 is 5.91 Å². The van der Waals surface area contributed by atoms with E-state index in [4.69, 9.17) is 5.73 Å². The zero-order valence-electron chi connectivity index (χ0n) is 7.21. The Morgan fingerprint density at radius 2 is 2.18 bits per heavy atom. The first-order valence-electron chi connectivity index (χ1n) is 4.10. The van der Waals surface area contributed by atoms with Crippen LogP contribution in [0.15, 0.2) is 0 Å². The lowest BCUT2D eigenvalue weighted by Crippen LogP contribution is -2.34. The van der Waals surface area contributed by atoms with Crippen LogP contribution in [-0.4, -0.2) is 29.9 Å². The maximum Gasteiger partial charge on any atom is 0.219 e. The molecule has 2 atom stereocenters. The first-order valence-corrected chi connectivity index (χ1v) is 4.10. The van der Waals surface area contributed by atoms with Crippen LogP contribution in [0, 0.1) is 0 Å². The molecular formula is C8H16N2O. The summed E-state index contributed by atoms with van der Waals surface area (Å²) < 4.78 is 0. The monoisotopic (exact) mass is 156 g/mol. The maximum atomic E-state index is 10.9. The highest BCUT2D eigenvalue weighted by Gasteiger charge is 2.25. The molecule has 1 amide bonds. The summed E-state index contributed by atoms with van der Waals surface area (Å²) in [5.41, 5.74) is 5.73. The fourth-order valence-corrected chi connectivity index (χ4v) is 1.60. The quantitative estimate of drug-likeness (QED) is 0.595. The Morgan fingerprint density at radius 3 is 2.55 bits per heavy atom. The molecular weight excluding hydrogens is 140 g/mol. The summed E-state index contributed by atoms with van der Waals surface area (Å²) in [4.78, 5) is 12.7. The van der Waals surface area contributed by atoms with Crippen LogP contribution >= 0.6 is 0 Å². The molecule has 0 radical (unpaired) electrons. The lowest BCUT2D eigenvalue weighted by Gasteiger charge is -2.22. The third-order valence-corrected chi connectivity index (χ3v) is 2.49. The summed E-state index contributed by atoms with van der Waals surface area (Å²) in [7, 11) is 1.85. The minimum atomic E-state index is 0.143. The van der Waals surface area contributed by atoms with E-state index in [1.165, 1.54) is 0 Å². The van der Waals surface area contributed by atoms with Gasteiger partial charge in [-0.1, -0.05) is 0 Å². The van der Waals surface area contributed by atoms with E-state index in [1.807, 2.05) is 7.05 Å². The van der Waals surface area contributed by atoms with Crippen LogP contribution in [0.3, 0.4) is 0 Å². The van der Waals surface area contributed by atoms with Gasteiger partial charge in [0.1, 0.15) is 0 Å². The van der Waals surface area contributed by atoms with Crippen LogP contribution in [-0.2, 0) is 4.79 Å². The summed E-state index contributed by atoms with van der Waals surface area (Å²) in [5.74, 6) is 0.143. The van der Waals surface area contributed by atoms with E-state index < -0.39 is 0 Å². The molecule has 0 saturated heterocycles. The van der Waals surface area contributed by atoms with Gasteiger partial charge in [0.05, 0.1) is 0 Å². The Hall–Kier alpha value is -0.570. The predicted octanol–water partition coefficient (Wildman–Crippen LogP) is 0.345. The zero-order valence-corrected chi connectivity index (χ0v) is 7.21. The van der Waals surface area contributed by atoms with Crippen LogP contribution in [0.25, 0.3) is 0 Å². The number of hydrogen-bond donors (Lipinski definition) is 1. The maximum absolute atomic E-state index is 10.9. The van der Waals surface area contributed by atoms with Crippen molar-refractivity contribution in [2.24, 2.45) is 5.73 Å². The molecule has 2 N–H and O–H groups in total. The molecule has 1 rings (SSSR count). The van der Waals surface area contributed by atoms with E-state index in [9.17, 15) is 4.79 Å². The molecule has 1 saturated carbocycles. The number of hydrogen-bond acceptors (Lipinski definition) is 2. The van der Waals surface area contributed by atoms with Gasteiger partial charge in [0, 0.05) is 26.1 Å². The molecule has 0 spiro atoms. The highest BCUT2D eigenvalue weighted by atomic mass is 16.2. The van der Waals surface area contributed by atoms with Crippen molar-refractivity contribution in [1.82, 2.24) is 4.90 Å². The fourth-order valence-electron chi connectivity index (χ4n) is 1.60. The van der Waals surface area contributed by atoms with Gasteiger partial charge in [-0.25, -0.2) is 0 Å². The van der Waals surface area contributed by atoms with Gasteiger partial charge in [-0.05, 0) is 19.3 Å². The zero-order chi connectivity index (χ0) is 8.43. The summed E-state index contributed by atoms with van der Waals surface area (Å²) in [6.07, 6.45) is 3.09. The molecule has 3 nitrogen and oxygen atoms in total. The first-order chi connectivity index (χ1) is 5.11. The standard InChI is InChI=1S/C8H16N2O/c1-6(11)10(2)8-4-3-7(9)5-8/h7-8H,3-5,9H2,1-2H3. The van der Waals surface area contributed by atoms with Crippen LogP contribution < -0.4 is 5.73 Å². The summed E-state index contributed by atoms with van der Waals surface area (Å²) in [6, 6.07) is 0.698. The molecule has 0 aromatic heterocycles. The second-order valence-corrected chi connectivity index (χ2v) is 3.36. The molecule has 0 aromatic rings. The largest absolute Gasteiger partial charge is 0.343 e. The van der Waals surface area contributed by atoms with Crippen LogP contribution in [0.1, 0.15) is 26.2 Å². The average Bonchev–Trinajstić information content (AvgIpc) is 2.34. The van der Waals surface area contributed by atoms with E-state index in [0.717, 1.165) is 19.3 Å². The lowest BCUT2D eigenvalue weighted by molar-refractivity contribution is -0.129. The van der Waals surface area contributed by atoms with Crippen molar-refractivity contribution in [2.75, 3.05) is 7.05 Å². The number of nitrogens with two attached hydrogens (primary N) is 1. The van der Waals surface area contributed by atoms with Crippen molar-refractivity contribution in [2.45, 2.75) is 38.3 Å². The van der Waals surface area contributed by atoms with E-state index >= 15 is 0 Å². The summed E-state index contributed by atoms with van der Waals surface area (Å²) in [5, 5.41) is 0. The third kappa shape index (κ3) is 1.93. The van der Waals surface area contributed by atoms with Crippen molar-refractivity contribution in [3.8, 4) is 0 Å². The summed E-state index contributed by atoms with van der Waals surface area (Å²) >= 11 is 0. The average molecular weight is 156 g/mol. The minimum absolute atomic E-state index is 0.143. The van der Waals surface area contributed by atoms with Gasteiger partial charge in [0.15, 0.2) is 0 Å². The van der Waals surface area contributed by atoms with E-state index in [-0.39, 0.29) is 5.91 Å². The van der Waals surface area contributed by atoms with Crippen molar-refractivity contribution in [1.29, 1.82) is 0 Å². The lowest BCUT2D eigenvalue weighted by atomic mass is 10.2. The Labute approximate surface area is 67.5 Å². The Bertz CT molecular complexity index is 158. The van der Waals surface area contributed by atoms with Gasteiger partial charge in [0.25, 0.3) is 0 Å². The minimum Gasteiger partial charge on any atom is -0.343 e. The highest BCUT2D eigenvalue weighted by molar-refractivity contribution is 5.73. The number of nitrogens with zero attached hydrogens (tertiary/aromatic N) is 1. The molecule has 1 aliphatic carbocycles. The van der Waals surface area contributed by atoms with Crippen molar-refractivity contribution in [3.05, 3.63) is 0 Å². The molecule has 64 valence electrons. The van der Waals surface area contributed by atoms with Crippen LogP contribution in [0.5, 0.6) is 0 Å². The Morgan fingerprint density at radius 1 is 1.55 bits per heavy atom. The second kappa shape index (κ2) is 3.22. The molecule has 3 heteroatoms. The Balaban J connectivity index is 2.43. The molecule has 2 unspecified atom stereocenters. The smallest absolute Gasteiger partial charge is 0.219 e. The van der Waals surface area contributed by atoms with Gasteiger partial charge in [-0.2, -0.15) is 0 Å². The van der Waals surface area contributed by atoms with E-state index in [2.05, 4.69) is 0 Å². The third-order valence-electron chi connectivity index (χ3n) is 2.49. The van der Waals surface area contributed by atoms with Gasteiger partial charge in [-0.15, -0.1) is 0 Å². The molecule has 1 aliphatic rings. The molecule has 0 bridgehead atoms. The molecule has 0 aromatic carbocycles. The topological polar surface area (TPSA) is 46.3 Å². The molecule has 0 aliphatic heterocycles. The number of rotatable bonds is 1.